The second-order valence-corrected chi connectivity index (χ2v) is 11.0. The Labute approximate surface area is 241 Å². The molecule has 1 aliphatic carbocycles. The number of likely N-dealkylation sites (N-methyl/N-ethyl adjacent to an activating group) is 1. The van der Waals surface area contributed by atoms with E-state index < -0.39 is 0 Å². The number of hydrogen-bond acceptors (Lipinski definition) is 2. The normalized spacial score (nSPS) is 18.6. The van der Waals surface area contributed by atoms with Crippen LogP contribution in [-0.4, -0.2) is 32.1 Å². The molecule has 1 aliphatic heterocycles. The van der Waals surface area contributed by atoms with E-state index in [9.17, 15) is 0 Å². The molecule has 0 atom stereocenters. The highest BCUT2D eigenvalue weighted by molar-refractivity contribution is 5.96. The van der Waals surface area contributed by atoms with Crippen molar-refractivity contribution in [3.05, 3.63) is 101 Å². The van der Waals surface area contributed by atoms with Crippen molar-refractivity contribution in [2.75, 3.05) is 26.0 Å². The van der Waals surface area contributed by atoms with Gasteiger partial charge in [-0.15, -0.1) is 0 Å². The molecule has 38 heavy (non-hydrogen) atoms. The Morgan fingerprint density at radius 1 is 0.947 bits per heavy atom. The molecule has 4 aromatic rings. The first-order chi connectivity index (χ1) is 17.8. The van der Waals surface area contributed by atoms with Gasteiger partial charge in [-0.1, -0.05) is 62.4 Å². The van der Waals surface area contributed by atoms with Crippen LogP contribution in [0.5, 0.6) is 0 Å². The Kier molecular flexibility index (Phi) is 7.07. The molecular formula is C33H34IN3O. The Balaban J connectivity index is 0.00000294. The minimum Gasteiger partial charge on any atom is -1.00 e. The SMILES string of the molecule is CN1/C(=C\C=C2/CCCc3c2oc2cc4ccccc4cc2c3=NC=[N+](C)C)C(C)(C)c2ccccc21.[I-]. The Hall–Kier alpha value is -3.19. The molecule has 2 heterocycles. The summed E-state index contributed by atoms with van der Waals surface area (Å²) in [4.78, 5) is 7.30. The van der Waals surface area contributed by atoms with Gasteiger partial charge in [-0.2, -0.15) is 0 Å². The highest BCUT2D eigenvalue weighted by Crippen LogP contribution is 2.47. The van der Waals surface area contributed by atoms with Gasteiger partial charge >= 0.3 is 0 Å². The number of anilines is 1. The molecule has 3 aromatic carbocycles. The van der Waals surface area contributed by atoms with Gasteiger partial charge in [-0.05, 0) is 70.4 Å². The van der Waals surface area contributed by atoms with E-state index in [1.807, 2.05) is 25.0 Å². The number of hydrogen-bond donors (Lipinski definition) is 0. The van der Waals surface area contributed by atoms with E-state index in [1.54, 1.807) is 0 Å². The van der Waals surface area contributed by atoms with E-state index in [4.69, 9.17) is 9.41 Å². The van der Waals surface area contributed by atoms with Crippen LogP contribution in [0.1, 0.15) is 43.6 Å². The minimum atomic E-state index is -0.0551. The maximum atomic E-state index is 6.71. The fraction of sp³-hybridized carbons (Fsp3) is 0.273. The van der Waals surface area contributed by atoms with Gasteiger partial charge in [-0.3, -0.25) is 4.58 Å². The third-order valence-corrected chi connectivity index (χ3v) is 7.84. The molecule has 0 N–H and O–H groups in total. The molecule has 6 rings (SSSR count). The van der Waals surface area contributed by atoms with Crippen LogP contribution in [0.3, 0.4) is 0 Å². The van der Waals surface area contributed by atoms with Crippen molar-refractivity contribution in [3.63, 3.8) is 0 Å². The molecule has 0 unspecified atom stereocenters. The van der Waals surface area contributed by atoms with Gasteiger partial charge in [0.05, 0.1) is 19.5 Å². The fourth-order valence-electron chi connectivity index (χ4n) is 5.95. The molecule has 4 nitrogen and oxygen atoms in total. The van der Waals surface area contributed by atoms with Gasteiger partial charge in [0.25, 0.3) is 6.34 Å². The molecule has 0 saturated carbocycles. The zero-order valence-corrected chi connectivity index (χ0v) is 24.9. The van der Waals surface area contributed by atoms with E-state index in [2.05, 4.69) is 98.6 Å². The topological polar surface area (TPSA) is 31.8 Å². The maximum absolute atomic E-state index is 6.71. The van der Waals surface area contributed by atoms with Crippen LogP contribution in [0.4, 0.5) is 5.69 Å². The smallest absolute Gasteiger partial charge is 0.281 e. The molecule has 0 saturated heterocycles. The summed E-state index contributed by atoms with van der Waals surface area (Å²) in [6.45, 7) is 4.62. The molecule has 2 aliphatic rings. The predicted molar refractivity (Wildman–Crippen MR) is 154 cm³/mol. The van der Waals surface area contributed by atoms with Crippen LogP contribution in [-0.2, 0) is 11.8 Å². The Bertz CT molecular complexity index is 1720. The van der Waals surface area contributed by atoms with Gasteiger partial charge in [0, 0.05) is 29.4 Å². The fourth-order valence-corrected chi connectivity index (χ4v) is 5.95. The first kappa shape index (κ1) is 26.4. The zero-order chi connectivity index (χ0) is 25.7. The summed E-state index contributed by atoms with van der Waals surface area (Å²) in [7, 11) is 6.19. The lowest BCUT2D eigenvalue weighted by Crippen LogP contribution is -3.00. The molecule has 1 aromatic heterocycles. The summed E-state index contributed by atoms with van der Waals surface area (Å²) in [5.74, 6) is 0.979. The first-order valence-corrected chi connectivity index (χ1v) is 13.1. The van der Waals surface area contributed by atoms with Crippen LogP contribution < -0.4 is 34.2 Å². The van der Waals surface area contributed by atoms with Gasteiger partial charge in [0.2, 0.25) is 0 Å². The number of rotatable bonds is 2. The molecule has 0 spiro atoms. The van der Waals surface area contributed by atoms with Crippen LogP contribution in [0.25, 0.3) is 27.3 Å². The van der Waals surface area contributed by atoms with Crippen molar-refractivity contribution in [2.24, 2.45) is 4.99 Å². The van der Waals surface area contributed by atoms with Gasteiger partial charge in [0.15, 0.2) is 5.36 Å². The number of allylic oxidation sites excluding steroid dienone is 4. The molecule has 0 fully saturated rings. The second-order valence-electron chi connectivity index (χ2n) is 11.0. The van der Waals surface area contributed by atoms with Crippen molar-refractivity contribution in [2.45, 2.75) is 38.5 Å². The van der Waals surface area contributed by atoms with Gasteiger partial charge in [0.1, 0.15) is 11.3 Å². The van der Waals surface area contributed by atoms with Crippen molar-refractivity contribution < 1.29 is 33.0 Å². The van der Waals surface area contributed by atoms with Gasteiger partial charge in [-0.25, -0.2) is 0 Å². The first-order valence-electron chi connectivity index (χ1n) is 13.1. The lowest BCUT2D eigenvalue weighted by molar-refractivity contribution is -0.460. The van der Waals surface area contributed by atoms with E-state index in [1.165, 1.54) is 38.9 Å². The zero-order valence-electron chi connectivity index (χ0n) is 22.8. The molecule has 0 radical (unpaired) electrons. The molecular weight excluding hydrogens is 581 g/mol. The highest BCUT2D eigenvalue weighted by atomic mass is 127. The standard InChI is InChI=1S/C33H34N3O.HI/c1-33(2)27-15-8-9-16-28(27)36(5)30(33)18-17-22-13-10-14-25-31(34-21-35(3)4)26-19-23-11-6-7-12-24(23)20-29(26)37-32(22)25;/h6-9,11-12,15-21H,10,13-14H2,1-5H3;1H/q+1;/p-1. The largest absolute Gasteiger partial charge is 1.00 e. The number of nitrogens with zero attached hydrogens (tertiary/aromatic N) is 3. The van der Waals surface area contributed by atoms with E-state index in [0.29, 0.717) is 0 Å². The summed E-state index contributed by atoms with van der Waals surface area (Å²) in [6.07, 6.45) is 9.53. The summed E-state index contributed by atoms with van der Waals surface area (Å²) >= 11 is 0. The van der Waals surface area contributed by atoms with Crippen molar-refractivity contribution in [1.29, 1.82) is 0 Å². The summed E-state index contributed by atoms with van der Waals surface area (Å²) in [5.41, 5.74) is 7.23. The Morgan fingerprint density at radius 2 is 1.66 bits per heavy atom. The average Bonchev–Trinajstić information content (AvgIpc) is 3.09. The molecule has 5 heteroatoms. The van der Waals surface area contributed by atoms with Crippen molar-refractivity contribution in [3.8, 4) is 0 Å². The number of halogens is 1. The quantitative estimate of drug-likeness (QED) is 0.113. The summed E-state index contributed by atoms with van der Waals surface area (Å²) in [5, 5.41) is 4.48. The number of benzene rings is 3. The van der Waals surface area contributed by atoms with Crippen molar-refractivity contribution in [1.82, 2.24) is 0 Å². The molecule has 0 bridgehead atoms. The Morgan fingerprint density at radius 3 is 2.39 bits per heavy atom. The van der Waals surface area contributed by atoms with Crippen molar-refractivity contribution >= 4 is 39.3 Å². The second kappa shape index (κ2) is 10.2. The monoisotopic (exact) mass is 615 g/mol. The lowest BCUT2D eigenvalue weighted by atomic mass is 9.83. The maximum Gasteiger partial charge on any atom is 0.281 e. The predicted octanol–water partition coefficient (Wildman–Crippen LogP) is 3.82. The minimum absolute atomic E-state index is 0. The van der Waals surface area contributed by atoms with Crippen LogP contribution >= 0.6 is 0 Å². The number of para-hydroxylation sites is 1. The van der Waals surface area contributed by atoms with E-state index in [-0.39, 0.29) is 29.4 Å². The van der Waals surface area contributed by atoms with E-state index >= 15 is 0 Å². The highest BCUT2D eigenvalue weighted by Gasteiger charge is 2.37. The average molecular weight is 616 g/mol. The number of fused-ring (bicyclic) bond motifs is 4. The van der Waals surface area contributed by atoms with Crippen LogP contribution in [0.15, 0.2) is 87.9 Å². The van der Waals surface area contributed by atoms with Crippen LogP contribution in [0, 0.1) is 0 Å². The lowest BCUT2D eigenvalue weighted by Gasteiger charge is -2.24. The summed E-state index contributed by atoms with van der Waals surface area (Å²) in [6, 6.07) is 21.6. The molecule has 194 valence electrons. The summed E-state index contributed by atoms with van der Waals surface area (Å²) < 4.78 is 8.70. The van der Waals surface area contributed by atoms with Gasteiger partial charge < -0.3 is 33.3 Å². The van der Waals surface area contributed by atoms with Crippen LogP contribution in [0.2, 0.25) is 0 Å². The molecule has 0 amide bonds. The third-order valence-electron chi connectivity index (χ3n) is 7.84. The third kappa shape index (κ3) is 4.41. The van der Waals surface area contributed by atoms with E-state index in [0.717, 1.165) is 41.3 Å².